The van der Waals surface area contributed by atoms with E-state index >= 15 is 0 Å². The Kier molecular flexibility index (Phi) is 8.17. The van der Waals surface area contributed by atoms with E-state index < -0.39 is 0 Å². The van der Waals surface area contributed by atoms with Gasteiger partial charge in [-0.1, -0.05) is 143 Å². The van der Waals surface area contributed by atoms with Crippen molar-refractivity contribution >= 4 is 27.8 Å². The van der Waals surface area contributed by atoms with Crippen LogP contribution in [-0.2, 0) is 10.8 Å². The van der Waals surface area contributed by atoms with Crippen molar-refractivity contribution in [2.75, 3.05) is 9.80 Å². The van der Waals surface area contributed by atoms with Crippen LogP contribution in [0.15, 0.2) is 163 Å². The second-order valence-electron chi connectivity index (χ2n) is 18.0. The molecule has 2 heteroatoms. The maximum Gasteiger partial charge on any atom is 0.0561 e. The lowest BCUT2D eigenvalue weighted by Crippen LogP contribution is -2.35. The monoisotopic (exact) mass is 740 g/mol. The Morgan fingerprint density at radius 1 is 0.526 bits per heavy atom. The molecule has 0 bridgehead atoms. The van der Waals surface area contributed by atoms with Crippen LogP contribution >= 0.6 is 0 Å². The minimum atomic E-state index is -0.171. The highest BCUT2D eigenvalue weighted by molar-refractivity contribution is 6.09. The van der Waals surface area contributed by atoms with Crippen molar-refractivity contribution < 1.29 is 0 Å². The van der Waals surface area contributed by atoms with Crippen LogP contribution < -0.4 is 9.80 Å². The first-order valence-corrected chi connectivity index (χ1v) is 20.9. The topological polar surface area (TPSA) is 6.48 Å². The molecule has 0 N–H and O–H groups in total. The molecule has 0 amide bonds. The van der Waals surface area contributed by atoms with E-state index in [1.54, 1.807) is 0 Å². The fourth-order valence-corrected chi connectivity index (χ4v) is 10.1. The average molecular weight is 741 g/mol. The fraction of sp³-hybridized carbons (Fsp3) is 0.236. The summed E-state index contributed by atoms with van der Waals surface area (Å²) in [6, 6.07) is 43.8. The summed E-state index contributed by atoms with van der Waals surface area (Å²) >= 11 is 0. The SMILES string of the molecule is Cc1ccc(N(C2=CCC(N(C3=CCC(C)C=C3)c3cc4c(c5ccccc35)-c3cc5c(cc3C4(C)C)-c3ccccc3C5(C)C)C=C2)c2ccc(C)cc2)cc1. The molecule has 2 nitrogen and oxygen atoms in total. The van der Waals surface area contributed by atoms with Crippen molar-refractivity contribution in [3.05, 3.63) is 196 Å². The Bertz CT molecular complexity index is 2670. The summed E-state index contributed by atoms with van der Waals surface area (Å²) in [4.78, 5) is 5.05. The third-order valence-electron chi connectivity index (χ3n) is 13.4. The van der Waals surface area contributed by atoms with E-state index in [0.717, 1.165) is 12.8 Å². The highest BCUT2D eigenvalue weighted by Gasteiger charge is 2.43. The highest BCUT2D eigenvalue weighted by atomic mass is 15.2. The van der Waals surface area contributed by atoms with Gasteiger partial charge in [-0.25, -0.2) is 0 Å². The molecule has 0 saturated carbocycles. The molecular weight excluding hydrogens is 689 g/mol. The second kappa shape index (κ2) is 13.1. The summed E-state index contributed by atoms with van der Waals surface area (Å²) in [5, 5.41) is 2.64. The number of hydrogen-bond donors (Lipinski definition) is 0. The zero-order valence-electron chi connectivity index (χ0n) is 34.4. The molecule has 6 aromatic rings. The number of hydrogen-bond acceptors (Lipinski definition) is 2. The van der Waals surface area contributed by atoms with Crippen molar-refractivity contribution in [3.8, 4) is 22.3 Å². The Morgan fingerprint density at radius 3 is 1.75 bits per heavy atom. The minimum Gasteiger partial charge on any atom is -0.334 e. The predicted octanol–water partition coefficient (Wildman–Crippen LogP) is 14.4. The van der Waals surface area contributed by atoms with Crippen molar-refractivity contribution in [1.82, 2.24) is 0 Å². The van der Waals surface area contributed by atoms with Crippen LogP contribution in [0.1, 0.15) is 80.8 Å². The van der Waals surface area contributed by atoms with Gasteiger partial charge in [0, 0.05) is 44.7 Å². The normalized spacial score (nSPS) is 19.4. The summed E-state index contributed by atoms with van der Waals surface area (Å²) < 4.78 is 0. The first-order chi connectivity index (χ1) is 27.5. The van der Waals surface area contributed by atoms with E-state index in [1.807, 2.05) is 0 Å². The van der Waals surface area contributed by atoms with Crippen LogP contribution in [0.4, 0.5) is 17.1 Å². The van der Waals surface area contributed by atoms with Crippen molar-refractivity contribution in [3.63, 3.8) is 0 Å². The third kappa shape index (κ3) is 5.59. The van der Waals surface area contributed by atoms with Gasteiger partial charge >= 0.3 is 0 Å². The maximum absolute atomic E-state index is 2.65. The number of anilines is 3. The molecule has 0 aliphatic heterocycles. The van der Waals surface area contributed by atoms with E-state index in [2.05, 4.69) is 210 Å². The van der Waals surface area contributed by atoms with Gasteiger partial charge in [-0.2, -0.15) is 0 Å². The summed E-state index contributed by atoms with van der Waals surface area (Å²) in [6.45, 7) is 16.3. The zero-order chi connectivity index (χ0) is 39.2. The van der Waals surface area contributed by atoms with Gasteiger partial charge in [0.1, 0.15) is 0 Å². The number of rotatable bonds is 6. The first kappa shape index (κ1) is 35.5. The van der Waals surface area contributed by atoms with E-state index in [9.17, 15) is 0 Å². The van der Waals surface area contributed by atoms with Crippen LogP contribution in [0.3, 0.4) is 0 Å². The Hall–Kier alpha value is -5.86. The Morgan fingerprint density at radius 2 is 1.11 bits per heavy atom. The molecule has 0 aromatic heterocycles. The molecule has 0 fully saturated rings. The Labute approximate surface area is 339 Å². The van der Waals surface area contributed by atoms with Gasteiger partial charge in [-0.3, -0.25) is 0 Å². The molecule has 10 rings (SSSR count). The second-order valence-corrected chi connectivity index (χ2v) is 18.0. The van der Waals surface area contributed by atoms with Crippen LogP contribution in [0.2, 0.25) is 0 Å². The lowest BCUT2D eigenvalue weighted by molar-refractivity contribution is 0.651. The largest absolute Gasteiger partial charge is 0.334 e. The van der Waals surface area contributed by atoms with Gasteiger partial charge in [0.15, 0.2) is 0 Å². The number of nitrogens with zero attached hydrogens (tertiary/aromatic N) is 2. The van der Waals surface area contributed by atoms with Gasteiger partial charge in [0.25, 0.3) is 0 Å². The van der Waals surface area contributed by atoms with Crippen LogP contribution in [0.5, 0.6) is 0 Å². The Balaban J connectivity index is 1.11. The van der Waals surface area contributed by atoms with Crippen molar-refractivity contribution in [1.29, 1.82) is 0 Å². The molecule has 0 saturated heterocycles. The standard InChI is InChI=1S/C55H52N2/c1-35-16-22-38(23-17-35)56(39-24-18-36(2)19-25-39)40-28-30-42(31-29-40)57(41-26-20-37(3)21-27-41)52-34-51-53(45-14-9-8-13-44(45)52)47-33-49-46(32-50(47)55(51,6)7)43-12-10-11-15-48(43)54(49,4)5/h8-20,22-30,32-34,37,42H,21,31H2,1-7H3. The molecule has 2 unspecified atom stereocenters. The molecule has 0 radical (unpaired) electrons. The minimum absolute atomic E-state index is 0.0501. The molecule has 0 heterocycles. The number of benzene rings is 6. The van der Waals surface area contributed by atoms with Gasteiger partial charge in [-0.15, -0.1) is 0 Å². The summed E-state index contributed by atoms with van der Waals surface area (Å²) in [7, 11) is 0. The zero-order valence-corrected chi connectivity index (χ0v) is 34.4. The number of aryl methyl sites for hydroxylation is 2. The smallest absolute Gasteiger partial charge is 0.0561 e. The number of fused-ring (bicyclic) bond motifs is 8. The number of allylic oxidation sites excluding steroid dienone is 4. The predicted molar refractivity (Wildman–Crippen MR) is 243 cm³/mol. The molecular formula is C55H52N2. The van der Waals surface area contributed by atoms with Crippen molar-refractivity contribution in [2.45, 2.75) is 78.2 Å². The summed E-state index contributed by atoms with van der Waals surface area (Å²) in [5.41, 5.74) is 19.7. The van der Waals surface area contributed by atoms with Crippen LogP contribution in [0, 0.1) is 19.8 Å². The van der Waals surface area contributed by atoms with Gasteiger partial charge in [0.05, 0.1) is 6.04 Å². The maximum atomic E-state index is 2.65. The van der Waals surface area contributed by atoms with Gasteiger partial charge < -0.3 is 9.80 Å². The summed E-state index contributed by atoms with van der Waals surface area (Å²) in [5.74, 6) is 0.531. The van der Waals surface area contributed by atoms with Crippen LogP contribution in [0.25, 0.3) is 33.0 Å². The molecule has 4 aliphatic carbocycles. The van der Waals surface area contributed by atoms with E-state index in [-0.39, 0.29) is 16.9 Å². The van der Waals surface area contributed by atoms with E-state index in [0.29, 0.717) is 5.92 Å². The third-order valence-corrected chi connectivity index (χ3v) is 13.4. The molecule has 6 aromatic carbocycles. The molecule has 282 valence electrons. The molecule has 57 heavy (non-hydrogen) atoms. The lowest BCUT2D eigenvalue weighted by Gasteiger charge is -2.38. The van der Waals surface area contributed by atoms with E-state index in [1.165, 1.54) is 94.9 Å². The highest BCUT2D eigenvalue weighted by Crippen LogP contribution is 2.58. The lowest BCUT2D eigenvalue weighted by atomic mass is 9.79. The molecule has 4 aliphatic rings. The van der Waals surface area contributed by atoms with Crippen LogP contribution in [-0.4, -0.2) is 6.04 Å². The summed E-state index contributed by atoms with van der Waals surface area (Å²) in [6.07, 6.45) is 16.4. The van der Waals surface area contributed by atoms with Gasteiger partial charge in [0.2, 0.25) is 0 Å². The first-order valence-electron chi connectivity index (χ1n) is 20.9. The average Bonchev–Trinajstić information content (AvgIpc) is 3.59. The molecule has 2 atom stereocenters. The molecule has 0 spiro atoms. The quantitative estimate of drug-likeness (QED) is 0.168. The van der Waals surface area contributed by atoms with Crippen molar-refractivity contribution in [2.24, 2.45) is 5.92 Å². The fourth-order valence-electron chi connectivity index (χ4n) is 10.1. The van der Waals surface area contributed by atoms with Gasteiger partial charge in [-0.05, 0) is 137 Å². The van der Waals surface area contributed by atoms with E-state index in [4.69, 9.17) is 0 Å².